The number of halogens is 3. The first-order chi connectivity index (χ1) is 8.88. The highest BCUT2D eigenvalue weighted by Crippen LogP contribution is 2.33. The van der Waals surface area contributed by atoms with Crippen LogP contribution in [-0.2, 0) is 0 Å². The second kappa shape index (κ2) is 5.02. The zero-order chi connectivity index (χ0) is 14.0. The molecule has 2 N–H and O–H groups in total. The van der Waals surface area contributed by atoms with Crippen LogP contribution in [0.1, 0.15) is 23.3 Å². The number of piperidine rings is 1. The van der Waals surface area contributed by atoms with E-state index in [4.69, 9.17) is 5.73 Å². The van der Waals surface area contributed by atoms with Crippen molar-refractivity contribution in [3.63, 3.8) is 0 Å². The fourth-order valence-corrected chi connectivity index (χ4v) is 2.05. The summed E-state index contributed by atoms with van der Waals surface area (Å²) in [5.74, 6) is -1.85. The van der Waals surface area contributed by atoms with Crippen LogP contribution in [-0.4, -0.2) is 40.3 Å². The summed E-state index contributed by atoms with van der Waals surface area (Å²) in [6.07, 6.45) is -3.88. The average Bonchev–Trinajstić information content (AvgIpc) is 2.38. The molecule has 0 spiro atoms. The van der Waals surface area contributed by atoms with Gasteiger partial charge in [-0.1, -0.05) is 0 Å². The van der Waals surface area contributed by atoms with Gasteiger partial charge in [0, 0.05) is 13.1 Å². The van der Waals surface area contributed by atoms with E-state index >= 15 is 0 Å². The molecule has 1 aliphatic heterocycles. The molecule has 1 unspecified atom stereocenters. The molecule has 0 saturated carbocycles. The first-order valence-electron chi connectivity index (χ1n) is 5.83. The van der Waals surface area contributed by atoms with Gasteiger partial charge in [-0.3, -0.25) is 4.79 Å². The Kier molecular flexibility index (Phi) is 3.59. The van der Waals surface area contributed by atoms with Crippen molar-refractivity contribution in [1.82, 2.24) is 15.1 Å². The topological polar surface area (TPSA) is 72.1 Å². The second-order valence-electron chi connectivity index (χ2n) is 4.48. The van der Waals surface area contributed by atoms with E-state index in [2.05, 4.69) is 10.2 Å². The van der Waals surface area contributed by atoms with E-state index in [-0.39, 0.29) is 24.5 Å². The molecule has 1 amide bonds. The summed E-state index contributed by atoms with van der Waals surface area (Å²) in [6, 6.07) is 2.76. The number of hydrogen-bond acceptors (Lipinski definition) is 4. The number of rotatable bonds is 1. The van der Waals surface area contributed by atoms with Gasteiger partial charge in [0.25, 0.3) is 5.91 Å². The zero-order valence-corrected chi connectivity index (χ0v) is 10.0. The van der Waals surface area contributed by atoms with Crippen molar-refractivity contribution in [2.45, 2.75) is 19.0 Å². The van der Waals surface area contributed by atoms with Gasteiger partial charge in [-0.15, -0.1) is 10.2 Å². The molecule has 1 aromatic heterocycles. The molecular weight excluding hydrogens is 261 g/mol. The molecule has 0 radical (unpaired) electrons. The SMILES string of the molecule is Nc1ccc(C(=O)N2CCCC(C(F)(F)F)C2)nn1. The molecule has 104 valence electrons. The molecule has 0 aromatic carbocycles. The lowest BCUT2D eigenvalue weighted by Gasteiger charge is -2.33. The van der Waals surface area contributed by atoms with Crippen LogP contribution in [0.25, 0.3) is 0 Å². The summed E-state index contributed by atoms with van der Waals surface area (Å²) < 4.78 is 38.0. The number of aromatic nitrogens is 2. The Bertz CT molecular complexity index is 460. The molecule has 1 aliphatic rings. The number of likely N-dealkylation sites (tertiary alicyclic amines) is 1. The van der Waals surface area contributed by atoms with Gasteiger partial charge in [-0.25, -0.2) is 0 Å². The van der Waals surface area contributed by atoms with Crippen LogP contribution in [0.2, 0.25) is 0 Å². The number of carbonyl (C=O) groups is 1. The minimum Gasteiger partial charge on any atom is -0.382 e. The molecule has 1 fully saturated rings. The van der Waals surface area contributed by atoms with E-state index in [9.17, 15) is 18.0 Å². The number of carbonyl (C=O) groups excluding carboxylic acids is 1. The molecule has 19 heavy (non-hydrogen) atoms. The Labute approximate surface area is 107 Å². The maximum absolute atomic E-state index is 12.7. The number of amides is 1. The molecule has 0 bridgehead atoms. The van der Waals surface area contributed by atoms with Crippen LogP contribution < -0.4 is 5.73 Å². The summed E-state index contributed by atoms with van der Waals surface area (Å²) in [4.78, 5) is 13.2. The molecule has 2 rings (SSSR count). The van der Waals surface area contributed by atoms with Crippen molar-refractivity contribution in [3.8, 4) is 0 Å². The normalized spacial score (nSPS) is 20.4. The predicted molar refractivity (Wildman–Crippen MR) is 61.1 cm³/mol. The van der Waals surface area contributed by atoms with Crippen molar-refractivity contribution in [3.05, 3.63) is 17.8 Å². The zero-order valence-electron chi connectivity index (χ0n) is 10.0. The van der Waals surface area contributed by atoms with Crippen molar-refractivity contribution in [2.75, 3.05) is 18.8 Å². The van der Waals surface area contributed by atoms with Gasteiger partial charge in [0.2, 0.25) is 0 Å². The van der Waals surface area contributed by atoms with E-state index in [0.717, 1.165) is 0 Å². The average molecular weight is 274 g/mol. The summed E-state index contributed by atoms with van der Waals surface area (Å²) in [5.41, 5.74) is 5.35. The fourth-order valence-electron chi connectivity index (χ4n) is 2.05. The Morgan fingerprint density at radius 1 is 1.37 bits per heavy atom. The van der Waals surface area contributed by atoms with E-state index in [1.165, 1.54) is 17.0 Å². The number of nitrogen functional groups attached to an aromatic ring is 1. The standard InChI is InChI=1S/C11H13F3N4O/c12-11(13,14)7-2-1-5-18(6-7)10(19)8-3-4-9(15)17-16-8/h3-4,7H,1-2,5-6H2,(H2,15,17). The Hall–Kier alpha value is -1.86. The van der Waals surface area contributed by atoms with Gasteiger partial charge in [-0.05, 0) is 25.0 Å². The van der Waals surface area contributed by atoms with Crippen LogP contribution in [0, 0.1) is 5.92 Å². The lowest BCUT2D eigenvalue weighted by Crippen LogP contribution is -2.44. The Morgan fingerprint density at radius 3 is 2.68 bits per heavy atom. The number of nitrogens with two attached hydrogens (primary N) is 1. The molecule has 1 saturated heterocycles. The number of alkyl halides is 3. The van der Waals surface area contributed by atoms with Crippen molar-refractivity contribution >= 4 is 11.7 Å². The molecule has 1 atom stereocenters. The number of anilines is 1. The maximum atomic E-state index is 12.7. The fraction of sp³-hybridized carbons (Fsp3) is 0.545. The highest BCUT2D eigenvalue weighted by Gasteiger charge is 2.42. The lowest BCUT2D eigenvalue weighted by molar-refractivity contribution is -0.184. The molecule has 0 aliphatic carbocycles. The second-order valence-corrected chi connectivity index (χ2v) is 4.48. The van der Waals surface area contributed by atoms with E-state index in [1.807, 2.05) is 0 Å². The van der Waals surface area contributed by atoms with Crippen LogP contribution in [0.3, 0.4) is 0 Å². The number of nitrogens with zero attached hydrogens (tertiary/aromatic N) is 3. The quantitative estimate of drug-likeness (QED) is 0.841. The van der Waals surface area contributed by atoms with Crippen LogP contribution in [0.5, 0.6) is 0 Å². The van der Waals surface area contributed by atoms with Crippen molar-refractivity contribution < 1.29 is 18.0 Å². The van der Waals surface area contributed by atoms with Gasteiger partial charge in [0.1, 0.15) is 5.82 Å². The monoisotopic (exact) mass is 274 g/mol. The first-order valence-corrected chi connectivity index (χ1v) is 5.83. The summed E-state index contributed by atoms with van der Waals surface area (Å²) in [5, 5.41) is 7.11. The Morgan fingerprint density at radius 2 is 2.11 bits per heavy atom. The minimum absolute atomic E-state index is 0.0111. The van der Waals surface area contributed by atoms with E-state index < -0.39 is 18.0 Å². The largest absolute Gasteiger partial charge is 0.393 e. The third-order valence-electron chi connectivity index (χ3n) is 3.08. The minimum atomic E-state index is -4.27. The Balaban J connectivity index is 2.09. The van der Waals surface area contributed by atoms with E-state index in [0.29, 0.717) is 13.0 Å². The first kappa shape index (κ1) is 13.6. The lowest BCUT2D eigenvalue weighted by atomic mass is 9.97. The van der Waals surface area contributed by atoms with E-state index in [1.54, 1.807) is 0 Å². The van der Waals surface area contributed by atoms with Crippen LogP contribution >= 0.6 is 0 Å². The smallest absolute Gasteiger partial charge is 0.382 e. The number of hydrogen-bond donors (Lipinski definition) is 1. The van der Waals surface area contributed by atoms with Crippen molar-refractivity contribution in [1.29, 1.82) is 0 Å². The van der Waals surface area contributed by atoms with Gasteiger partial charge in [0.15, 0.2) is 5.69 Å². The highest BCUT2D eigenvalue weighted by molar-refractivity contribution is 5.92. The third-order valence-corrected chi connectivity index (χ3v) is 3.08. The highest BCUT2D eigenvalue weighted by atomic mass is 19.4. The molecule has 8 heteroatoms. The van der Waals surface area contributed by atoms with Crippen LogP contribution in [0.4, 0.5) is 19.0 Å². The molecule has 1 aromatic rings. The molecule has 2 heterocycles. The van der Waals surface area contributed by atoms with Gasteiger partial charge >= 0.3 is 6.18 Å². The van der Waals surface area contributed by atoms with Crippen molar-refractivity contribution in [2.24, 2.45) is 5.92 Å². The summed E-state index contributed by atoms with van der Waals surface area (Å²) in [7, 11) is 0. The maximum Gasteiger partial charge on any atom is 0.393 e. The summed E-state index contributed by atoms with van der Waals surface area (Å²) in [6.45, 7) is -0.0220. The molecular formula is C11H13F3N4O. The van der Waals surface area contributed by atoms with Gasteiger partial charge in [-0.2, -0.15) is 13.2 Å². The molecule has 5 nitrogen and oxygen atoms in total. The third kappa shape index (κ3) is 3.12. The van der Waals surface area contributed by atoms with Crippen LogP contribution in [0.15, 0.2) is 12.1 Å². The predicted octanol–water partition coefficient (Wildman–Crippen LogP) is 1.47. The summed E-state index contributed by atoms with van der Waals surface area (Å²) >= 11 is 0. The van der Waals surface area contributed by atoms with Gasteiger partial charge in [0.05, 0.1) is 5.92 Å². The van der Waals surface area contributed by atoms with Gasteiger partial charge < -0.3 is 10.6 Å².